The summed E-state index contributed by atoms with van der Waals surface area (Å²) in [6.45, 7) is 5.36. The lowest BCUT2D eigenvalue weighted by Gasteiger charge is -2.39. The van der Waals surface area contributed by atoms with Gasteiger partial charge in [-0.2, -0.15) is 0 Å². The van der Waals surface area contributed by atoms with E-state index in [1.165, 1.54) is 6.07 Å². The molecule has 3 nitrogen and oxygen atoms in total. The Balaban J connectivity index is 2.18. The predicted octanol–water partition coefficient (Wildman–Crippen LogP) is 2.96. The summed E-state index contributed by atoms with van der Waals surface area (Å²) in [6, 6.07) is 5.22. The van der Waals surface area contributed by atoms with E-state index in [4.69, 9.17) is 4.74 Å². The van der Waals surface area contributed by atoms with Crippen LogP contribution in [0.2, 0.25) is 0 Å². The van der Waals surface area contributed by atoms with Crippen molar-refractivity contribution in [1.82, 2.24) is 10.2 Å². The third kappa shape index (κ3) is 3.79. The number of ether oxygens (including phenoxy) is 1. The van der Waals surface area contributed by atoms with Crippen LogP contribution in [0.5, 0.6) is 0 Å². The van der Waals surface area contributed by atoms with Crippen molar-refractivity contribution in [3.63, 3.8) is 0 Å². The number of hydrogen-bond donors (Lipinski definition) is 1. The third-order valence-electron chi connectivity index (χ3n) is 3.66. The van der Waals surface area contributed by atoms with E-state index in [0.717, 1.165) is 30.5 Å². The van der Waals surface area contributed by atoms with Crippen LogP contribution >= 0.6 is 15.9 Å². The van der Waals surface area contributed by atoms with E-state index < -0.39 is 0 Å². The molecule has 1 N–H and O–H groups in total. The molecule has 1 aliphatic heterocycles. The van der Waals surface area contributed by atoms with Gasteiger partial charge in [-0.25, -0.2) is 4.39 Å². The molecule has 5 heteroatoms. The summed E-state index contributed by atoms with van der Waals surface area (Å²) in [5, 5.41) is 3.37. The van der Waals surface area contributed by atoms with Crippen LogP contribution in [0.15, 0.2) is 22.7 Å². The van der Waals surface area contributed by atoms with Gasteiger partial charge in [0.05, 0.1) is 18.8 Å². The zero-order valence-corrected chi connectivity index (χ0v) is 13.6. The molecule has 20 heavy (non-hydrogen) atoms. The van der Waals surface area contributed by atoms with Gasteiger partial charge >= 0.3 is 0 Å². The molecule has 0 saturated carbocycles. The summed E-state index contributed by atoms with van der Waals surface area (Å²) >= 11 is 3.30. The second-order valence-corrected chi connectivity index (χ2v) is 6.12. The van der Waals surface area contributed by atoms with Crippen LogP contribution in [0.3, 0.4) is 0 Å². The highest BCUT2D eigenvalue weighted by atomic mass is 79.9. The average molecular weight is 345 g/mol. The molecule has 0 amide bonds. The highest BCUT2D eigenvalue weighted by molar-refractivity contribution is 9.10. The topological polar surface area (TPSA) is 24.5 Å². The molecular formula is C15H22BrFN2O. The van der Waals surface area contributed by atoms with E-state index in [1.54, 1.807) is 0 Å². The summed E-state index contributed by atoms with van der Waals surface area (Å²) in [7, 11) is 2.03. The van der Waals surface area contributed by atoms with Crippen molar-refractivity contribution in [3.05, 3.63) is 34.1 Å². The first kappa shape index (κ1) is 15.9. The molecule has 1 aromatic rings. The number of likely N-dealkylation sites (N-methyl/N-ethyl adjacent to an activating group) is 1. The summed E-state index contributed by atoms with van der Waals surface area (Å²) < 4.78 is 20.9. The highest BCUT2D eigenvalue weighted by Crippen LogP contribution is 2.31. The molecule has 1 fully saturated rings. The standard InChI is InChI=1S/C15H22BrFN2O/c1-3-6-18-10-14-15(19(2)7-8-20-14)12-5-4-11(16)9-13(12)17/h4-5,9,14-15,18H,3,6-8,10H2,1-2H3. The normalized spacial score (nSPS) is 24.0. The number of morpholine rings is 1. The largest absolute Gasteiger partial charge is 0.374 e. The molecule has 0 aliphatic carbocycles. The molecule has 112 valence electrons. The van der Waals surface area contributed by atoms with Crippen molar-refractivity contribution in [2.75, 3.05) is 33.3 Å². The fraction of sp³-hybridized carbons (Fsp3) is 0.600. The van der Waals surface area contributed by atoms with Crippen molar-refractivity contribution in [3.8, 4) is 0 Å². The Labute approximate surface area is 128 Å². The Morgan fingerprint density at radius 1 is 1.50 bits per heavy atom. The van der Waals surface area contributed by atoms with Crippen LogP contribution in [0.4, 0.5) is 4.39 Å². The second kappa shape index (κ2) is 7.50. The Bertz CT molecular complexity index is 444. The monoisotopic (exact) mass is 344 g/mol. The number of hydrogen-bond acceptors (Lipinski definition) is 3. The van der Waals surface area contributed by atoms with Crippen LogP contribution in [-0.2, 0) is 4.74 Å². The van der Waals surface area contributed by atoms with Crippen molar-refractivity contribution in [2.45, 2.75) is 25.5 Å². The van der Waals surface area contributed by atoms with Crippen LogP contribution in [-0.4, -0.2) is 44.3 Å². The molecule has 1 heterocycles. The molecule has 2 atom stereocenters. The van der Waals surface area contributed by atoms with Gasteiger partial charge in [0.2, 0.25) is 0 Å². The smallest absolute Gasteiger partial charge is 0.129 e. The van der Waals surface area contributed by atoms with Gasteiger partial charge in [0.25, 0.3) is 0 Å². The molecule has 1 aromatic carbocycles. The number of rotatable bonds is 5. The highest BCUT2D eigenvalue weighted by Gasteiger charge is 2.32. The van der Waals surface area contributed by atoms with Crippen molar-refractivity contribution < 1.29 is 9.13 Å². The van der Waals surface area contributed by atoms with E-state index in [1.807, 2.05) is 19.2 Å². The maximum absolute atomic E-state index is 14.2. The fourth-order valence-corrected chi connectivity index (χ4v) is 2.97. The minimum atomic E-state index is -0.179. The van der Waals surface area contributed by atoms with E-state index in [2.05, 4.69) is 33.1 Å². The van der Waals surface area contributed by atoms with Crippen molar-refractivity contribution in [1.29, 1.82) is 0 Å². The van der Waals surface area contributed by atoms with Crippen molar-refractivity contribution >= 4 is 15.9 Å². The molecule has 1 saturated heterocycles. The molecule has 0 aromatic heterocycles. The quantitative estimate of drug-likeness (QED) is 0.831. The number of nitrogens with zero attached hydrogens (tertiary/aromatic N) is 1. The Morgan fingerprint density at radius 3 is 3.00 bits per heavy atom. The molecule has 0 spiro atoms. The molecule has 2 unspecified atom stereocenters. The predicted molar refractivity (Wildman–Crippen MR) is 82.4 cm³/mol. The lowest BCUT2D eigenvalue weighted by atomic mass is 9.97. The number of nitrogens with one attached hydrogen (secondary N) is 1. The van der Waals surface area contributed by atoms with Crippen LogP contribution in [0, 0.1) is 5.82 Å². The van der Waals surface area contributed by atoms with Gasteiger partial charge in [0, 0.05) is 23.1 Å². The van der Waals surface area contributed by atoms with Gasteiger partial charge < -0.3 is 10.1 Å². The Kier molecular flexibility index (Phi) is 5.96. The lowest BCUT2D eigenvalue weighted by molar-refractivity contribution is -0.0622. The lowest BCUT2D eigenvalue weighted by Crippen LogP contribution is -2.47. The first-order valence-electron chi connectivity index (χ1n) is 7.11. The van der Waals surface area contributed by atoms with E-state index in [-0.39, 0.29) is 18.0 Å². The van der Waals surface area contributed by atoms with Gasteiger partial charge in [-0.3, -0.25) is 4.90 Å². The maximum Gasteiger partial charge on any atom is 0.129 e. The van der Waals surface area contributed by atoms with Gasteiger partial charge in [0.15, 0.2) is 0 Å². The summed E-state index contributed by atoms with van der Waals surface area (Å²) in [5.74, 6) is -0.179. The van der Waals surface area contributed by atoms with Gasteiger partial charge in [-0.15, -0.1) is 0 Å². The SMILES string of the molecule is CCCNCC1OCCN(C)C1c1ccc(Br)cc1F. The molecule has 0 bridgehead atoms. The first-order valence-corrected chi connectivity index (χ1v) is 7.90. The maximum atomic E-state index is 14.2. The fourth-order valence-electron chi connectivity index (χ4n) is 2.63. The summed E-state index contributed by atoms with van der Waals surface area (Å²) in [6.07, 6.45) is 1.07. The van der Waals surface area contributed by atoms with Crippen LogP contribution in [0.25, 0.3) is 0 Å². The molecular weight excluding hydrogens is 323 g/mol. The zero-order chi connectivity index (χ0) is 14.5. The van der Waals surface area contributed by atoms with Gasteiger partial charge in [-0.05, 0) is 32.1 Å². The Morgan fingerprint density at radius 2 is 2.30 bits per heavy atom. The summed E-state index contributed by atoms with van der Waals surface area (Å²) in [5.41, 5.74) is 0.707. The van der Waals surface area contributed by atoms with E-state index in [0.29, 0.717) is 12.2 Å². The Hall–Kier alpha value is -0.490. The molecule has 0 radical (unpaired) electrons. The number of benzene rings is 1. The molecule has 1 aliphatic rings. The number of halogens is 2. The molecule has 2 rings (SSSR count). The van der Waals surface area contributed by atoms with Gasteiger partial charge in [0.1, 0.15) is 5.82 Å². The van der Waals surface area contributed by atoms with Crippen LogP contribution < -0.4 is 5.32 Å². The minimum Gasteiger partial charge on any atom is -0.374 e. The zero-order valence-electron chi connectivity index (χ0n) is 12.0. The van der Waals surface area contributed by atoms with Crippen molar-refractivity contribution in [2.24, 2.45) is 0 Å². The van der Waals surface area contributed by atoms with E-state index in [9.17, 15) is 4.39 Å². The average Bonchev–Trinajstić information content (AvgIpc) is 2.41. The van der Waals surface area contributed by atoms with E-state index >= 15 is 0 Å². The van der Waals surface area contributed by atoms with Crippen LogP contribution in [0.1, 0.15) is 24.9 Å². The second-order valence-electron chi connectivity index (χ2n) is 5.20. The summed E-state index contributed by atoms with van der Waals surface area (Å²) in [4.78, 5) is 2.17. The third-order valence-corrected chi connectivity index (χ3v) is 4.15. The van der Waals surface area contributed by atoms with Gasteiger partial charge in [-0.1, -0.05) is 28.9 Å². The first-order chi connectivity index (χ1) is 9.63. The minimum absolute atomic E-state index is 0.0176.